The maximum Gasteiger partial charge on any atom is 0.226 e. The van der Waals surface area contributed by atoms with Crippen molar-refractivity contribution < 1.29 is 4.52 Å². The fraction of sp³-hybridized carbons (Fsp3) is 0.857. The van der Waals surface area contributed by atoms with Crippen molar-refractivity contribution in [3.63, 3.8) is 0 Å². The van der Waals surface area contributed by atoms with Gasteiger partial charge in [-0.05, 0) is 38.0 Å². The van der Waals surface area contributed by atoms with Crippen LogP contribution in [0.15, 0.2) is 4.52 Å². The van der Waals surface area contributed by atoms with Gasteiger partial charge in [0.1, 0.15) is 0 Å². The molecule has 2 N–H and O–H groups in total. The summed E-state index contributed by atoms with van der Waals surface area (Å²) in [6.07, 6.45) is 8.84. The molecule has 1 heterocycles. The molecule has 0 unspecified atom stereocenters. The molecular weight excluding hydrogens is 226 g/mol. The highest BCUT2D eigenvalue weighted by Crippen LogP contribution is 2.37. The Balaban J connectivity index is 1.99. The van der Waals surface area contributed by atoms with Crippen LogP contribution in [0, 0.1) is 5.92 Å². The summed E-state index contributed by atoms with van der Waals surface area (Å²) in [5.74, 6) is 2.29. The molecule has 2 rings (SSSR count). The number of aromatic nitrogens is 2. The minimum atomic E-state index is -0.347. The van der Waals surface area contributed by atoms with Crippen LogP contribution in [0.25, 0.3) is 0 Å². The van der Waals surface area contributed by atoms with Crippen molar-refractivity contribution in [2.75, 3.05) is 0 Å². The van der Waals surface area contributed by atoms with Gasteiger partial charge in [-0.25, -0.2) is 0 Å². The Morgan fingerprint density at radius 2 is 2.00 bits per heavy atom. The minimum Gasteiger partial charge on any atom is -0.339 e. The lowest BCUT2D eigenvalue weighted by atomic mass is 9.75. The fourth-order valence-corrected chi connectivity index (χ4v) is 2.89. The number of nitrogens with two attached hydrogens (primary N) is 1. The molecule has 1 fully saturated rings. The second-order valence-electron chi connectivity index (χ2n) is 5.65. The van der Waals surface area contributed by atoms with Crippen LogP contribution in [0.5, 0.6) is 0 Å². The van der Waals surface area contributed by atoms with Crippen LogP contribution >= 0.6 is 0 Å². The Morgan fingerprint density at radius 1 is 1.28 bits per heavy atom. The molecule has 0 saturated heterocycles. The van der Waals surface area contributed by atoms with E-state index in [9.17, 15) is 0 Å². The van der Waals surface area contributed by atoms with Gasteiger partial charge >= 0.3 is 0 Å². The van der Waals surface area contributed by atoms with E-state index in [0.29, 0.717) is 0 Å². The van der Waals surface area contributed by atoms with Gasteiger partial charge in [0.25, 0.3) is 0 Å². The van der Waals surface area contributed by atoms with Gasteiger partial charge in [-0.15, -0.1) is 0 Å². The molecule has 4 nitrogen and oxygen atoms in total. The molecule has 1 saturated carbocycles. The molecule has 0 aliphatic heterocycles. The first-order chi connectivity index (χ1) is 8.68. The third-order valence-corrected chi connectivity index (χ3v) is 4.07. The van der Waals surface area contributed by atoms with Gasteiger partial charge in [0.15, 0.2) is 5.82 Å². The summed E-state index contributed by atoms with van der Waals surface area (Å²) in [5.41, 5.74) is 6.12. The topological polar surface area (TPSA) is 64.9 Å². The first-order valence-electron chi connectivity index (χ1n) is 7.30. The maximum absolute atomic E-state index is 6.46. The third-order valence-electron chi connectivity index (χ3n) is 4.07. The lowest BCUT2D eigenvalue weighted by molar-refractivity contribution is 0.211. The minimum absolute atomic E-state index is 0.347. The van der Waals surface area contributed by atoms with Gasteiger partial charge < -0.3 is 10.3 Å². The van der Waals surface area contributed by atoms with Crippen molar-refractivity contribution >= 4 is 0 Å². The van der Waals surface area contributed by atoms with Gasteiger partial charge in [-0.3, -0.25) is 0 Å². The SMILES string of the molecule is CCCc1nc(C2(N)CCC(CCC)CC2)no1. The van der Waals surface area contributed by atoms with Crippen LogP contribution in [-0.4, -0.2) is 10.1 Å². The number of nitrogens with zero attached hydrogens (tertiary/aromatic N) is 2. The van der Waals surface area contributed by atoms with Crippen LogP contribution < -0.4 is 5.73 Å². The van der Waals surface area contributed by atoms with Crippen LogP contribution in [-0.2, 0) is 12.0 Å². The van der Waals surface area contributed by atoms with Crippen LogP contribution in [0.2, 0.25) is 0 Å². The van der Waals surface area contributed by atoms with Crippen molar-refractivity contribution in [1.29, 1.82) is 0 Å². The second kappa shape index (κ2) is 5.83. The lowest BCUT2D eigenvalue weighted by Gasteiger charge is -2.34. The summed E-state index contributed by atoms with van der Waals surface area (Å²) in [6.45, 7) is 4.36. The second-order valence-corrected chi connectivity index (χ2v) is 5.65. The Hall–Kier alpha value is -0.900. The van der Waals surface area contributed by atoms with Gasteiger partial charge in [-0.2, -0.15) is 4.98 Å². The highest BCUT2D eigenvalue weighted by atomic mass is 16.5. The molecule has 1 aliphatic carbocycles. The van der Waals surface area contributed by atoms with Crippen molar-refractivity contribution in [1.82, 2.24) is 10.1 Å². The van der Waals surface area contributed by atoms with Crippen LogP contribution in [0.1, 0.15) is 70.5 Å². The zero-order valence-electron chi connectivity index (χ0n) is 11.6. The molecule has 18 heavy (non-hydrogen) atoms. The quantitative estimate of drug-likeness (QED) is 0.873. The lowest BCUT2D eigenvalue weighted by Crippen LogP contribution is -2.41. The Morgan fingerprint density at radius 3 is 2.61 bits per heavy atom. The summed E-state index contributed by atoms with van der Waals surface area (Å²) >= 11 is 0. The molecule has 0 radical (unpaired) electrons. The zero-order chi connectivity index (χ0) is 13.0. The van der Waals surface area contributed by atoms with E-state index in [0.717, 1.165) is 43.3 Å². The molecule has 0 atom stereocenters. The molecule has 1 aromatic heterocycles. The number of aryl methyl sites for hydroxylation is 1. The monoisotopic (exact) mass is 251 g/mol. The average Bonchev–Trinajstić information content (AvgIpc) is 2.83. The van der Waals surface area contributed by atoms with Crippen molar-refractivity contribution in [3.8, 4) is 0 Å². The largest absolute Gasteiger partial charge is 0.339 e. The summed E-state index contributed by atoms with van der Waals surface area (Å²) in [5, 5.41) is 4.09. The van der Waals surface area contributed by atoms with Crippen molar-refractivity contribution in [3.05, 3.63) is 11.7 Å². The summed E-state index contributed by atoms with van der Waals surface area (Å²) < 4.78 is 5.26. The molecule has 1 aromatic rings. The first kappa shape index (κ1) is 13.5. The first-order valence-corrected chi connectivity index (χ1v) is 7.30. The van der Waals surface area contributed by atoms with Crippen molar-refractivity contribution in [2.45, 2.75) is 70.8 Å². The molecule has 0 spiro atoms. The molecule has 1 aliphatic rings. The van der Waals surface area contributed by atoms with Crippen molar-refractivity contribution in [2.24, 2.45) is 11.7 Å². The molecule has 0 bridgehead atoms. The predicted octanol–water partition coefficient (Wildman–Crippen LogP) is 3.17. The van der Waals surface area contributed by atoms with E-state index < -0.39 is 0 Å². The van der Waals surface area contributed by atoms with Gasteiger partial charge in [0.05, 0.1) is 5.54 Å². The number of rotatable bonds is 5. The van der Waals surface area contributed by atoms with Gasteiger partial charge in [-0.1, -0.05) is 31.8 Å². The van der Waals surface area contributed by atoms with E-state index in [1.54, 1.807) is 0 Å². The third kappa shape index (κ3) is 2.91. The molecule has 4 heteroatoms. The molecular formula is C14H25N3O. The van der Waals surface area contributed by atoms with Crippen LogP contribution in [0.3, 0.4) is 0 Å². The molecule has 102 valence electrons. The Kier molecular flexibility index (Phi) is 4.38. The van der Waals surface area contributed by atoms with E-state index in [2.05, 4.69) is 24.0 Å². The average molecular weight is 251 g/mol. The van der Waals surface area contributed by atoms with Gasteiger partial charge in [0.2, 0.25) is 5.89 Å². The predicted molar refractivity (Wildman–Crippen MR) is 71.0 cm³/mol. The molecule has 0 aromatic carbocycles. The Labute approximate surface area is 109 Å². The fourth-order valence-electron chi connectivity index (χ4n) is 2.89. The summed E-state index contributed by atoms with van der Waals surface area (Å²) in [7, 11) is 0. The highest BCUT2D eigenvalue weighted by Gasteiger charge is 2.36. The number of hydrogen-bond donors (Lipinski definition) is 1. The van der Waals surface area contributed by atoms with E-state index in [1.807, 2.05) is 0 Å². The smallest absolute Gasteiger partial charge is 0.226 e. The van der Waals surface area contributed by atoms with E-state index in [1.165, 1.54) is 25.7 Å². The van der Waals surface area contributed by atoms with Crippen LogP contribution in [0.4, 0.5) is 0 Å². The van der Waals surface area contributed by atoms with E-state index >= 15 is 0 Å². The zero-order valence-corrected chi connectivity index (χ0v) is 11.6. The standard InChI is InChI=1S/C14H25N3O/c1-3-5-11-7-9-14(15,10-8-11)13-16-12(6-4-2)18-17-13/h11H,3-10,15H2,1-2H3. The summed E-state index contributed by atoms with van der Waals surface area (Å²) in [4.78, 5) is 4.46. The van der Waals surface area contributed by atoms with E-state index in [-0.39, 0.29) is 5.54 Å². The van der Waals surface area contributed by atoms with E-state index in [4.69, 9.17) is 10.3 Å². The molecule has 0 amide bonds. The normalized spacial score (nSPS) is 28.5. The highest BCUT2D eigenvalue weighted by molar-refractivity contribution is 5.06. The Bertz CT molecular complexity index is 367. The summed E-state index contributed by atoms with van der Waals surface area (Å²) in [6, 6.07) is 0. The number of hydrogen-bond acceptors (Lipinski definition) is 4. The maximum atomic E-state index is 6.46. The van der Waals surface area contributed by atoms with Gasteiger partial charge in [0, 0.05) is 6.42 Å².